The van der Waals surface area contributed by atoms with Crippen LogP contribution in [0, 0.1) is 19.8 Å². The maximum Gasteiger partial charge on any atom is 0.0476 e. The maximum absolute atomic E-state index is 6.23. The van der Waals surface area contributed by atoms with Gasteiger partial charge in [0.1, 0.15) is 0 Å². The molecule has 0 bridgehead atoms. The lowest BCUT2D eigenvalue weighted by molar-refractivity contribution is 0.0274. The number of nitrogens with zero attached hydrogens (tertiary/aromatic N) is 1. The van der Waals surface area contributed by atoms with Crippen molar-refractivity contribution < 1.29 is 0 Å². The van der Waals surface area contributed by atoms with Crippen molar-refractivity contribution in [3.63, 3.8) is 0 Å². The Hall–Kier alpha value is -0.860. The van der Waals surface area contributed by atoms with Crippen LogP contribution in [0.2, 0.25) is 0 Å². The van der Waals surface area contributed by atoms with Crippen molar-refractivity contribution in [2.24, 2.45) is 11.7 Å². The molecular weight excluding hydrogens is 256 g/mol. The van der Waals surface area contributed by atoms with Crippen molar-refractivity contribution in [3.8, 4) is 0 Å². The van der Waals surface area contributed by atoms with E-state index in [0.29, 0.717) is 6.04 Å². The second-order valence-electron chi connectivity index (χ2n) is 7.03. The summed E-state index contributed by atoms with van der Waals surface area (Å²) in [7, 11) is 0. The van der Waals surface area contributed by atoms with Gasteiger partial charge in [-0.1, -0.05) is 31.0 Å². The van der Waals surface area contributed by atoms with E-state index >= 15 is 0 Å². The summed E-state index contributed by atoms with van der Waals surface area (Å²) in [6, 6.07) is 7.90. The van der Waals surface area contributed by atoms with Gasteiger partial charge in [0.15, 0.2) is 0 Å². The van der Waals surface area contributed by atoms with Gasteiger partial charge in [0.05, 0.1) is 0 Å². The molecule has 2 N–H and O–H groups in total. The Morgan fingerprint density at radius 3 is 2.71 bits per heavy atom. The molecule has 1 aromatic carbocycles. The van der Waals surface area contributed by atoms with Gasteiger partial charge in [-0.05, 0) is 68.7 Å². The molecule has 116 valence electrons. The second-order valence-corrected chi connectivity index (χ2v) is 7.03. The fourth-order valence-electron chi connectivity index (χ4n) is 4.63. The first-order valence-electron chi connectivity index (χ1n) is 8.74. The Bertz CT molecular complexity index is 480. The minimum Gasteiger partial charge on any atom is -0.329 e. The van der Waals surface area contributed by atoms with Crippen LogP contribution in [0.1, 0.15) is 61.3 Å². The molecule has 3 atom stereocenters. The van der Waals surface area contributed by atoms with Crippen molar-refractivity contribution in [2.75, 3.05) is 13.1 Å². The summed E-state index contributed by atoms with van der Waals surface area (Å²) in [4.78, 5) is 2.76. The molecule has 1 aliphatic carbocycles. The molecule has 21 heavy (non-hydrogen) atoms. The van der Waals surface area contributed by atoms with Gasteiger partial charge in [0.2, 0.25) is 0 Å². The SMILES string of the molecule is Cc1cccc(C(CN)N2CCC[C@H]3CCCC[C@H]32)c1C. The van der Waals surface area contributed by atoms with Crippen LogP contribution >= 0.6 is 0 Å². The van der Waals surface area contributed by atoms with E-state index in [4.69, 9.17) is 5.73 Å². The molecule has 1 heterocycles. The highest BCUT2D eigenvalue weighted by Gasteiger charge is 2.37. The number of hydrogen-bond acceptors (Lipinski definition) is 2. The molecule has 0 amide bonds. The highest BCUT2D eigenvalue weighted by Crippen LogP contribution is 2.39. The summed E-state index contributed by atoms with van der Waals surface area (Å²) in [5.41, 5.74) is 10.5. The average Bonchev–Trinajstić information content (AvgIpc) is 2.52. The molecule has 2 nitrogen and oxygen atoms in total. The largest absolute Gasteiger partial charge is 0.329 e. The predicted molar refractivity (Wildman–Crippen MR) is 89.4 cm³/mol. The van der Waals surface area contributed by atoms with Gasteiger partial charge in [-0.25, -0.2) is 0 Å². The summed E-state index contributed by atoms with van der Waals surface area (Å²) in [5, 5.41) is 0. The monoisotopic (exact) mass is 286 g/mol. The van der Waals surface area contributed by atoms with E-state index in [1.54, 1.807) is 0 Å². The van der Waals surface area contributed by atoms with Crippen LogP contribution in [0.25, 0.3) is 0 Å². The third-order valence-electron chi connectivity index (χ3n) is 5.92. The summed E-state index contributed by atoms with van der Waals surface area (Å²) in [6.07, 6.45) is 8.44. The van der Waals surface area contributed by atoms with Crippen LogP contribution in [0.15, 0.2) is 18.2 Å². The van der Waals surface area contributed by atoms with Crippen LogP contribution in [0.5, 0.6) is 0 Å². The molecule has 0 aromatic heterocycles. The topological polar surface area (TPSA) is 29.3 Å². The van der Waals surface area contributed by atoms with Crippen molar-refractivity contribution in [3.05, 3.63) is 34.9 Å². The first-order valence-corrected chi connectivity index (χ1v) is 8.74. The van der Waals surface area contributed by atoms with E-state index in [2.05, 4.69) is 36.9 Å². The molecule has 1 aromatic rings. The van der Waals surface area contributed by atoms with E-state index in [1.807, 2.05) is 0 Å². The normalized spacial score (nSPS) is 28.1. The van der Waals surface area contributed by atoms with Gasteiger partial charge < -0.3 is 5.73 Å². The Morgan fingerprint density at radius 2 is 1.90 bits per heavy atom. The van der Waals surface area contributed by atoms with Gasteiger partial charge in [-0.3, -0.25) is 4.90 Å². The summed E-state index contributed by atoms with van der Waals surface area (Å²) < 4.78 is 0. The highest BCUT2D eigenvalue weighted by molar-refractivity contribution is 5.35. The fraction of sp³-hybridized carbons (Fsp3) is 0.684. The number of fused-ring (bicyclic) bond motifs is 1. The summed E-state index contributed by atoms with van der Waals surface area (Å²) >= 11 is 0. The molecule has 0 spiro atoms. The molecule has 1 aliphatic heterocycles. The smallest absolute Gasteiger partial charge is 0.0476 e. The highest BCUT2D eigenvalue weighted by atomic mass is 15.2. The molecule has 3 rings (SSSR count). The number of hydrogen-bond donors (Lipinski definition) is 1. The lowest BCUT2D eigenvalue weighted by atomic mass is 9.77. The average molecular weight is 286 g/mol. The minimum absolute atomic E-state index is 0.413. The predicted octanol–water partition coefficient (Wildman–Crippen LogP) is 3.96. The number of aryl methyl sites for hydroxylation is 1. The third kappa shape index (κ3) is 2.89. The quantitative estimate of drug-likeness (QED) is 0.911. The van der Waals surface area contributed by atoms with E-state index in [0.717, 1.165) is 18.5 Å². The standard InChI is InChI=1S/C19H30N2/c1-14-7-5-10-17(15(14)2)19(13-20)21-12-6-9-16-8-3-4-11-18(16)21/h5,7,10,16,18-19H,3-4,6,8-9,11-13,20H2,1-2H3/t16-,18-,19?/m1/s1. The Balaban J connectivity index is 1.89. The summed E-state index contributed by atoms with van der Waals surface area (Å²) in [6.45, 7) is 6.45. The van der Waals surface area contributed by atoms with Crippen LogP contribution in [0.3, 0.4) is 0 Å². The number of likely N-dealkylation sites (tertiary alicyclic amines) is 1. The van der Waals surface area contributed by atoms with Crippen LogP contribution < -0.4 is 5.73 Å². The Morgan fingerprint density at radius 1 is 1.14 bits per heavy atom. The van der Waals surface area contributed by atoms with Crippen LogP contribution in [-0.4, -0.2) is 24.0 Å². The van der Waals surface area contributed by atoms with E-state index < -0.39 is 0 Å². The Kier molecular flexibility index (Phi) is 4.66. The van der Waals surface area contributed by atoms with Crippen molar-refractivity contribution in [2.45, 2.75) is 64.5 Å². The lowest BCUT2D eigenvalue weighted by Crippen LogP contribution is -2.50. The first kappa shape index (κ1) is 15.1. The first-order chi connectivity index (χ1) is 10.2. The van der Waals surface area contributed by atoms with E-state index in [9.17, 15) is 0 Å². The fourth-order valence-corrected chi connectivity index (χ4v) is 4.63. The molecule has 0 radical (unpaired) electrons. The van der Waals surface area contributed by atoms with Gasteiger partial charge in [0.25, 0.3) is 0 Å². The van der Waals surface area contributed by atoms with Gasteiger partial charge >= 0.3 is 0 Å². The zero-order valence-corrected chi connectivity index (χ0v) is 13.6. The van der Waals surface area contributed by atoms with Gasteiger partial charge in [0, 0.05) is 18.6 Å². The second kappa shape index (κ2) is 6.50. The minimum atomic E-state index is 0.413. The van der Waals surface area contributed by atoms with E-state index in [1.165, 1.54) is 61.8 Å². The summed E-state index contributed by atoms with van der Waals surface area (Å²) in [5.74, 6) is 0.923. The molecule has 2 aliphatic rings. The molecule has 1 unspecified atom stereocenters. The lowest BCUT2D eigenvalue weighted by Gasteiger charge is -2.48. The maximum atomic E-state index is 6.23. The molecule has 1 saturated carbocycles. The van der Waals surface area contributed by atoms with Crippen molar-refractivity contribution in [1.82, 2.24) is 4.90 Å². The molecular formula is C19H30N2. The number of nitrogens with two attached hydrogens (primary N) is 1. The van der Waals surface area contributed by atoms with E-state index in [-0.39, 0.29) is 0 Å². The van der Waals surface area contributed by atoms with Crippen molar-refractivity contribution in [1.29, 1.82) is 0 Å². The van der Waals surface area contributed by atoms with Crippen LogP contribution in [-0.2, 0) is 0 Å². The Labute approximate surface area is 129 Å². The molecule has 2 heteroatoms. The molecule has 2 fully saturated rings. The van der Waals surface area contributed by atoms with Gasteiger partial charge in [-0.2, -0.15) is 0 Å². The number of piperidine rings is 1. The number of rotatable bonds is 3. The van der Waals surface area contributed by atoms with Crippen molar-refractivity contribution >= 4 is 0 Å². The number of benzene rings is 1. The van der Waals surface area contributed by atoms with Crippen LogP contribution in [0.4, 0.5) is 0 Å². The molecule has 1 saturated heterocycles. The third-order valence-corrected chi connectivity index (χ3v) is 5.92. The van der Waals surface area contributed by atoms with Gasteiger partial charge in [-0.15, -0.1) is 0 Å². The zero-order chi connectivity index (χ0) is 14.8. The zero-order valence-electron chi connectivity index (χ0n) is 13.6.